The van der Waals surface area contributed by atoms with Gasteiger partial charge in [0.25, 0.3) is 0 Å². The Morgan fingerprint density at radius 1 is 1.29 bits per heavy atom. The van der Waals surface area contributed by atoms with E-state index in [1.165, 1.54) is 5.56 Å². The zero-order chi connectivity index (χ0) is 22.0. The monoisotopic (exact) mass is 442 g/mol. The maximum atomic E-state index is 12.8. The molecule has 164 valence electrons. The van der Waals surface area contributed by atoms with E-state index in [4.69, 9.17) is 21.1 Å². The van der Waals surface area contributed by atoms with E-state index in [0.717, 1.165) is 34.3 Å². The molecule has 2 heterocycles. The van der Waals surface area contributed by atoms with Gasteiger partial charge in [0.2, 0.25) is 0 Å². The molecule has 0 saturated heterocycles. The summed E-state index contributed by atoms with van der Waals surface area (Å²) in [6.45, 7) is 5.16. The second-order valence-corrected chi connectivity index (χ2v) is 8.36. The molecule has 3 aromatic rings. The fourth-order valence-corrected chi connectivity index (χ4v) is 4.22. The number of carbonyl (C=O) groups excluding carboxylic acids is 1. The second kappa shape index (κ2) is 9.20. The van der Waals surface area contributed by atoms with Crippen LogP contribution in [0, 0.1) is 5.92 Å². The van der Waals surface area contributed by atoms with Gasteiger partial charge < -0.3 is 19.6 Å². The van der Waals surface area contributed by atoms with Crippen LogP contribution >= 0.6 is 11.6 Å². The van der Waals surface area contributed by atoms with E-state index in [-0.39, 0.29) is 24.7 Å². The van der Waals surface area contributed by atoms with Crippen LogP contribution < -0.4 is 4.74 Å². The number of aliphatic hydroxyl groups is 1. The molecule has 2 aromatic carbocycles. The van der Waals surface area contributed by atoms with Crippen LogP contribution in [0.25, 0.3) is 10.9 Å². The van der Waals surface area contributed by atoms with Gasteiger partial charge in [-0.05, 0) is 54.8 Å². The van der Waals surface area contributed by atoms with E-state index < -0.39 is 0 Å². The molecule has 1 aliphatic rings. The molecule has 1 aliphatic heterocycles. The number of ether oxygens (including phenoxy) is 2. The Hall–Kier alpha value is -2.70. The van der Waals surface area contributed by atoms with Crippen molar-refractivity contribution in [2.24, 2.45) is 5.92 Å². The predicted molar refractivity (Wildman–Crippen MR) is 121 cm³/mol. The number of fused-ring (bicyclic) bond motifs is 3. The average molecular weight is 443 g/mol. The van der Waals surface area contributed by atoms with Gasteiger partial charge in [-0.25, -0.2) is 4.79 Å². The van der Waals surface area contributed by atoms with Crippen molar-refractivity contribution < 1.29 is 19.4 Å². The number of nitrogens with zero attached hydrogens (tertiary/aromatic N) is 1. The number of hydrogen-bond acceptors (Lipinski definition) is 4. The Balaban J connectivity index is 1.71. The number of rotatable bonds is 6. The van der Waals surface area contributed by atoms with Crippen LogP contribution in [-0.2, 0) is 11.2 Å². The highest BCUT2D eigenvalue weighted by Crippen LogP contribution is 2.39. The van der Waals surface area contributed by atoms with Crippen molar-refractivity contribution in [2.45, 2.75) is 26.3 Å². The van der Waals surface area contributed by atoms with Gasteiger partial charge in [-0.3, -0.25) is 4.90 Å². The minimum Gasteiger partial charge on any atom is -0.493 e. The van der Waals surface area contributed by atoms with Gasteiger partial charge in [0.05, 0.1) is 13.2 Å². The number of hydrogen-bond donors (Lipinski definition) is 2. The predicted octanol–water partition coefficient (Wildman–Crippen LogP) is 4.93. The molecule has 1 aromatic heterocycles. The number of carbonyl (C=O) groups is 1. The summed E-state index contributed by atoms with van der Waals surface area (Å²) >= 11 is 6.24. The summed E-state index contributed by atoms with van der Waals surface area (Å²) in [6.07, 6.45) is 0.401. The fourth-order valence-electron chi connectivity index (χ4n) is 4.05. The molecule has 0 fully saturated rings. The number of benzene rings is 2. The Kier molecular flexibility index (Phi) is 6.39. The van der Waals surface area contributed by atoms with Crippen LogP contribution in [0.3, 0.4) is 0 Å². The van der Waals surface area contributed by atoms with Crippen LogP contribution in [-0.4, -0.2) is 47.4 Å². The van der Waals surface area contributed by atoms with Crippen molar-refractivity contribution >= 4 is 28.6 Å². The molecular weight excluding hydrogens is 416 g/mol. The van der Waals surface area contributed by atoms with E-state index >= 15 is 0 Å². The van der Waals surface area contributed by atoms with Crippen LogP contribution in [0.5, 0.6) is 5.75 Å². The van der Waals surface area contributed by atoms with Crippen molar-refractivity contribution in [3.63, 3.8) is 0 Å². The highest BCUT2D eigenvalue weighted by molar-refractivity contribution is 6.31. The Bertz CT molecular complexity index is 1060. The summed E-state index contributed by atoms with van der Waals surface area (Å²) in [5.74, 6) is 0.796. The molecule has 0 radical (unpaired) electrons. The number of amides is 1. The summed E-state index contributed by atoms with van der Waals surface area (Å²) in [7, 11) is 0. The largest absolute Gasteiger partial charge is 0.493 e. The second-order valence-electron chi connectivity index (χ2n) is 7.92. The summed E-state index contributed by atoms with van der Waals surface area (Å²) in [5, 5.41) is 11.0. The average Bonchev–Trinajstić information content (AvgIpc) is 3.15. The lowest BCUT2D eigenvalue weighted by atomic mass is 9.92. The number of aromatic amines is 1. The number of nitrogens with one attached hydrogen (secondary N) is 1. The first-order valence-electron chi connectivity index (χ1n) is 10.6. The van der Waals surface area contributed by atoms with Gasteiger partial charge in [-0.15, -0.1) is 0 Å². The molecule has 0 unspecified atom stereocenters. The molecule has 1 amide bonds. The third kappa shape index (κ3) is 4.36. The lowest BCUT2D eigenvalue weighted by Crippen LogP contribution is -2.40. The van der Waals surface area contributed by atoms with Gasteiger partial charge in [0.15, 0.2) is 0 Å². The molecule has 0 bridgehead atoms. The van der Waals surface area contributed by atoms with E-state index in [9.17, 15) is 9.90 Å². The topological polar surface area (TPSA) is 74.8 Å². The molecule has 2 atom stereocenters. The normalized spacial score (nSPS) is 16.8. The fraction of sp³-hybridized carbons (Fsp3) is 0.375. The van der Waals surface area contributed by atoms with E-state index in [1.807, 2.05) is 56.3 Å². The molecule has 6 nitrogen and oxygen atoms in total. The van der Waals surface area contributed by atoms with E-state index in [1.54, 1.807) is 4.90 Å². The molecule has 0 aliphatic carbocycles. The zero-order valence-corrected chi connectivity index (χ0v) is 18.5. The van der Waals surface area contributed by atoms with Gasteiger partial charge in [-0.2, -0.15) is 0 Å². The van der Waals surface area contributed by atoms with Gasteiger partial charge >= 0.3 is 6.09 Å². The van der Waals surface area contributed by atoms with Crippen molar-refractivity contribution in [3.05, 3.63) is 64.3 Å². The minimum atomic E-state index is -0.327. The van der Waals surface area contributed by atoms with Crippen LogP contribution in [0.2, 0.25) is 5.02 Å². The third-order valence-corrected chi connectivity index (χ3v) is 5.87. The first-order valence-corrected chi connectivity index (χ1v) is 11.0. The molecule has 4 rings (SSSR count). The van der Waals surface area contributed by atoms with Gasteiger partial charge in [0, 0.05) is 40.7 Å². The maximum Gasteiger partial charge on any atom is 0.410 e. The lowest BCUT2D eigenvalue weighted by molar-refractivity contribution is 0.0932. The molecule has 31 heavy (non-hydrogen) atoms. The number of halogens is 1. The SMILES string of the molecule is CCOC(=O)N1CCc2c([nH]c3ccc(Cl)cc23)[C@@H]1c1ccc(OC[C@H](C)CO)cc1. The van der Waals surface area contributed by atoms with Crippen LogP contribution in [0.4, 0.5) is 4.79 Å². The van der Waals surface area contributed by atoms with Crippen molar-refractivity contribution in [2.75, 3.05) is 26.4 Å². The molecule has 0 spiro atoms. The van der Waals surface area contributed by atoms with E-state index in [0.29, 0.717) is 24.8 Å². The van der Waals surface area contributed by atoms with Crippen molar-refractivity contribution in [1.82, 2.24) is 9.88 Å². The summed E-state index contributed by atoms with van der Waals surface area (Å²) in [5.41, 5.74) is 4.14. The van der Waals surface area contributed by atoms with Crippen LogP contribution in [0.15, 0.2) is 42.5 Å². The molecular formula is C24H27ClN2O4. The highest BCUT2D eigenvalue weighted by Gasteiger charge is 2.35. The Morgan fingerprint density at radius 2 is 2.06 bits per heavy atom. The Labute approximate surface area is 186 Å². The quantitative estimate of drug-likeness (QED) is 0.567. The summed E-state index contributed by atoms with van der Waals surface area (Å²) in [6, 6.07) is 13.3. The number of aromatic nitrogens is 1. The van der Waals surface area contributed by atoms with Gasteiger partial charge in [-0.1, -0.05) is 30.7 Å². The molecule has 2 N–H and O–H groups in total. The standard InChI is InChI=1S/C24H27ClN2O4/c1-3-30-24(29)27-11-10-19-20-12-17(25)6-9-21(20)26-22(19)23(27)16-4-7-18(8-5-16)31-14-15(2)13-28/h4-9,12,15,23,26,28H,3,10-11,13-14H2,1-2H3/t15-,23+/m1/s1. The highest BCUT2D eigenvalue weighted by atomic mass is 35.5. The van der Waals surface area contributed by atoms with Gasteiger partial charge in [0.1, 0.15) is 11.8 Å². The first kappa shape index (κ1) is 21.5. The molecule has 0 saturated carbocycles. The number of H-pyrrole nitrogens is 1. The smallest absolute Gasteiger partial charge is 0.410 e. The van der Waals surface area contributed by atoms with Crippen LogP contribution in [0.1, 0.15) is 36.7 Å². The molecule has 7 heteroatoms. The minimum absolute atomic E-state index is 0.0676. The third-order valence-electron chi connectivity index (χ3n) is 5.63. The summed E-state index contributed by atoms with van der Waals surface area (Å²) < 4.78 is 11.1. The van der Waals surface area contributed by atoms with E-state index in [2.05, 4.69) is 4.98 Å². The Morgan fingerprint density at radius 3 is 2.77 bits per heavy atom. The lowest BCUT2D eigenvalue weighted by Gasteiger charge is -2.35. The number of aliphatic hydroxyl groups excluding tert-OH is 1. The summed E-state index contributed by atoms with van der Waals surface area (Å²) in [4.78, 5) is 18.0. The zero-order valence-electron chi connectivity index (χ0n) is 17.7. The van der Waals surface area contributed by atoms with Crippen molar-refractivity contribution in [3.8, 4) is 5.75 Å². The maximum absolute atomic E-state index is 12.8. The van der Waals surface area contributed by atoms with Crippen molar-refractivity contribution in [1.29, 1.82) is 0 Å². The first-order chi connectivity index (χ1) is 15.0.